The first-order valence-electron chi connectivity index (χ1n) is 9.83. The second kappa shape index (κ2) is 7.89. The molecule has 2 heterocycles. The maximum Gasteiger partial charge on any atom is 0.324 e. The van der Waals surface area contributed by atoms with Gasteiger partial charge in [0.25, 0.3) is 0 Å². The molecule has 4 rings (SSSR count). The summed E-state index contributed by atoms with van der Waals surface area (Å²) in [4.78, 5) is 19.1. The van der Waals surface area contributed by atoms with Crippen LogP contribution in [0.4, 0.5) is 10.7 Å². The fraction of sp³-hybridized carbons (Fsp3) is 0.550. The molecule has 2 aliphatic rings. The van der Waals surface area contributed by atoms with Crippen LogP contribution in [-0.4, -0.2) is 39.2 Å². The zero-order valence-corrected chi connectivity index (χ0v) is 15.2. The van der Waals surface area contributed by atoms with Crippen LogP contribution < -0.4 is 5.32 Å². The highest BCUT2D eigenvalue weighted by Crippen LogP contribution is 2.31. The van der Waals surface area contributed by atoms with Crippen molar-refractivity contribution in [3.05, 3.63) is 41.7 Å². The third kappa shape index (κ3) is 3.89. The summed E-state index contributed by atoms with van der Waals surface area (Å²) in [6.45, 7) is 1.53. The lowest BCUT2D eigenvalue weighted by Gasteiger charge is -2.32. The number of nitrogens with one attached hydrogen (secondary N) is 2. The van der Waals surface area contributed by atoms with Crippen molar-refractivity contribution < 1.29 is 4.79 Å². The Morgan fingerprint density at radius 1 is 1.04 bits per heavy atom. The summed E-state index contributed by atoms with van der Waals surface area (Å²) in [5.41, 5.74) is 1.31. The van der Waals surface area contributed by atoms with Crippen molar-refractivity contribution in [2.75, 3.05) is 18.4 Å². The normalized spacial score (nSPS) is 21.5. The summed E-state index contributed by atoms with van der Waals surface area (Å²) in [5, 5.41) is 10.1. The molecule has 6 heteroatoms. The van der Waals surface area contributed by atoms with Crippen LogP contribution in [-0.2, 0) is 0 Å². The van der Waals surface area contributed by atoms with Gasteiger partial charge >= 0.3 is 6.03 Å². The maximum atomic E-state index is 12.7. The number of rotatable bonds is 3. The van der Waals surface area contributed by atoms with Gasteiger partial charge in [-0.15, -0.1) is 5.10 Å². The quantitative estimate of drug-likeness (QED) is 0.865. The second-order valence-electron chi connectivity index (χ2n) is 7.51. The number of H-pyrrole nitrogens is 1. The zero-order valence-electron chi connectivity index (χ0n) is 15.2. The summed E-state index contributed by atoms with van der Waals surface area (Å²) >= 11 is 0. The van der Waals surface area contributed by atoms with Gasteiger partial charge in [-0.05, 0) is 31.2 Å². The number of hydrogen-bond donors (Lipinski definition) is 2. The van der Waals surface area contributed by atoms with Gasteiger partial charge in [0.1, 0.15) is 5.82 Å². The van der Waals surface area contributed by atoms with Gasteiger partial charge in [0.15, 0.2) is 0 Å². The molecule has 1 aromatic heterocycles. The molecule has 138 valence electrons. The molecular formula is C20H27N5O. The van der Waals surface area contributed by atoms with Crippen molar-refractivity contribution in [3.8, 4) is 0 Å². The summed E-state index contributed by atoms with van der Waals surface area (Å²) in [6, 6.07) is 10.4. The van der Waals surface area contributed by atoms with Gasteiger partial charge in [0.2, 0.25) is 5.95 Å². The largest absolute Gasteiger partial charge is 0.324 e. The Morgan fingerprint density at radius 3 is 2.62 bits per heavy atom. The molecule has 0 bridgehead atoms. The van der Waals surface area contributed by atoms with E-state index in [1.54, 1.807) is 0 Å². The van der Waals surface area contributed by atoms with E-state index >= 15 is 0 Å². The molecule has 1 aliphatic heterocycles. The lowest BCUT2D eigenvalue weighted by Crippen LogP contribution is -2.41. The van der Waals surface area contributed by atoms with E-state index in [1.807, 2.05) is 11.0 Å². The molecule has 1 saturated carbocycles. The second-order valence-corrected chi connectivity index (χ2v) is 7.51. The number of amides is 2. The Hall–Kier alpha value is -2.37. The average Bonchev–Trinajstić information content (AvgIpc) is 3.18. The number of carbonyl (C=O) groups is 1. The molecule has 1 unspecified atom stereocenters. The van der Waals surface area contributed by atoms with Crippen LogP contribution in [0.3, 0.4) is 0 Å². The van der Waals surface area contributed by atoms with Crippen molar-refractivity contribution in [2.45, 2.75) is 56.8 Å². The van der Waals surface area contributed by atoms with Crippen molar-refractivity contribution in [3.63, 3.8) is 0 Å². The molecule has 1 aliphatic carbocycles. The fourth-order valence-electron chi connectivity index (χ4n) is 4.22. The number of urea groups is 1. The molecule has 1 aromatic carbocycles. The topological polar surface area (TPSA) is 73.9 Å². The molecular weight excluding hydrogens is 326 g/mol. The van der Waals surface area contributed by atoms with E-state index in [2.05, 4.69) is 44.8 Å². The van der Waals surface area contributed by atoms with Crippen LogP contribution in [0, 0.1) is 0 Å². The molecule has 2 fully saturated rings. The van der Waals surface area contributed by atoms with Gasteiger partial charge in [-0.25, -0.2) is 4.79 Å². The standard InChI is InChI=1S/C20H27N5O/c26-20(22-19-21-18(23-24-19)16-10-5-2-6-11-16)25-13-7-12-17(14-25)15-8-3-1-4-9-15/h1,3-4,8-9,16-17H,2,5-7,10-14H2,(H2,21,22,23,24,26). The number of nitrogens with zero attached hydrogens (tertiary/aromatic N) is 3. The molecule has 6 nitrogen and oxygen atoms in total. The van der Waals surface area contributed by atoms with Crippen molar-refractivity contribution in [2.24, 2.45) is 0 Å². The third-order valence-corrected chi connectivity index (χ3v) is 5.69. The zero-order chi connectivity index (χ0) is 17.8. The van der Waals surface area contributed by atoms with Gasteiger partial charge in [-0.2, -0.15) is 4.98 Å². The smallest absolute Gasteiger partial charge is 0.324 e. The molecule has 1 saturated heterocycles. The monoisotopic (exact) mass is 353 g/mol. The summed E-state index contributed by atoms with van der Waals surface area (Å²) < 4.78 is 0. The number of benzene rings is 1. The Bertz CT molecular complexity index is 723. The predicted molar refractivity (Wildman–Crippen MR) is 101 cm³/mol. The molecule has 2 aromatic rings. The van der Waals surface area contributed by atoms with Crippen LogP contribution in [0.2, 0.25) is 0 Å². The van der Waals surface area contributed by atoms with E-state index in [1.165, 1.54) is 24.8 Å². The summed E-state index contributed by atoms with van der Waals surface area (Å²) in [5.74, 6) is 2.18. The van der Waals surface area contributed by atoms with Crippen molar-refractivity contribution in [1.29, 1.82) is 0 Å². The number of carbonyl (C=O) groups excluding carboxylic acids is 1. The highest BCUT2D eigenvalue weighted by molar-refractivity contribution is 5.87. The molecule has 1 atom stereocenters. The van der Waals surface area contributed by atoms with Crippen LogP contribution in [0.5, 0.6) is 0 Å². The van der Waals surface area contributed by atoms with Crippen LogP contribution >= 0.6 is 0 Å². The summed E-state index contributed by atoms with van der Waals surface area (Å²) in [7, 11) is 0. The van der Waals surface area contributed by atoms with Gasteiger partial charge in [-0.1, -0.05) is 49.6 Å². The van der Waals surface area contributed by atoms with E-state index in [-0.39, 0.29) is 6.03 Å². The van der Waals surface area contributed by atoms with Gasteiger partial charge < -0.3 is 4.90 Å². The summed E-state index contributed by atoms with van der Waals surface area (Å²) in [6.07, 6.45) is 8.28. The molecule has 2 amide bonds. The first-order chi connectivity index (χ1) is 12.8. The van der Waals surface area contributed by atoms with Crippen LogP contribution in [0.1, 0.15) is 68.2 Å². The van der Waals surface area contributed by atoms with E-state index in [4.69, 9.17) is 0 Å². The van der Waals surface area contributed by atoms with Crippen molar-refractivity contribution in [1.82, 2.24) is 20.1 Å². The van der Waals surface area contributed by atoms with Gasteiger partial charge in [0.05, 0.1) is 0 Å². The SMILES string of the molecule is O=C(Nc1n[nH]c(C2CCCCC2)n1)N1CCCC(c2ccccc2)C1. The average molecular weight is 353 g/mol. The molecule has 2 N–H and O–H groups in total. The Morgan fingerprint density at radius 2 is 1.81 bits per heavy atom. The minimum atomic E-state index is -0.0974. The Balaban J connectivity index is 1.36. The van der Waals surface area contributed by atoms with E-state index < -0.39 is 0 Å². The number of aromatic nitrogens is 3. The van der Waals surface area contributed by atoms with Crippen LogP contribution in [0.15, 0.2) is 30.3 Å². The minimum Gasteiger partial charge on any atom is -0.324 e. The number of anilines is 1. The number of hydrogen-bond acceptors (Lipinski definition) is 3. The fourth-order valence-corrected chi connectivity index (χ4v) is 4.22. The highest BCUT2D eigenvalue weighted by atomic mass is 16.2. The van der Waals surface area contributed by atoms with E-state index in [0.717, 1.165) is 44.6 Å². The van der Waals surface area contributed by atoms with Crippen molar-refractivity contribution >= 4 is 12.0 Å². The first kappa shape index (κ1) is 17.1. The van der Waals surface area contributed by atoms with E-state index in [0.29, 0.717) is 17.8 Å². The lowest BCUT2D eigenvalue weighted by molar-refractivity contribution is 0.192. The number of piperidine rings is 1. The molecule has 0 spiro atoms. The highest BCUT2D eigenvalue weighted by Gasteiger charge is 2.26. The molecule has 0 radical (unpaired) electrons. The number of likely N-dealkylation sites (tertiary alicyclic amines) is 1. The Labute approximate surface area is 154 Å². The van der Waals surface area contributed by atoms with Gasteiger partial charge in [0, 0.05) is 24.9 Å². The van der Waals surface area contributed by atoms with Gasteiger partial charge in [-0.3, -0.25) is 10.4 Å². The first-order valence-corrected chi connectivity index (χ1v) is 9.83. The predicted octanol–water partition coefficient (Wildman–Crippen LogP) is 4.26. The molecule has 26 heavy (non-hydrogen) atoms. The third-order valence-electron chi connectivity index (χ3n) is 5.69. The van der Waals surface area contributed by atoms with Crippen LogP contribution in [0.25, 0.3) is 0 Å². The number of aromatic amines is 1. The lowest BCUT2D eigenvalue weighted by atomic mass is 9.89. The maximum absolute atomic E-state index is 12.7. The Kier molecular flexibility index (Phi) is 5.18. The van der Waals surface area contributed by atoms with E-state index in [9.17, 15) is 4.79 Å². The minimum absolute atomic E-state index is 0.0974.